The second kappa shape index (κ2) is 6.30. The lowest BCUT2D eigenvalue weighted by Gasteiger charge is -2.11. The SMILES string of the molecule is C=CC(=C)/C=C\C(=C)OC(C)CC. The third-order valence-corrected chi connectivity index (χ3v) is 1.67. The minimum Gasteiger partial charge on any atom is -0.491 e. The molecule has 0 N–H and O–H groups in total. The molecule has 0 aliphatic rings. The van der Waals surface area contributed by atoms with Crippen LogP contribution in [0.4, 0.5) is 0 Å². The Hall–Kier alpha value is -1.24. The first kappa shape index (κ1) is 11.8. The van der Waals surface area contributed by atoms with Crippen molar-refractivity contribution in [2.24, 2.45) is 0 Å². The maximum absolute atomic E-state index is 5.44. The minimum atomic E-state index is 0.217. The standard InChI is InChI=1S/C12H18O/c1-6-10(3)8-9-12(5)13-11(4)7-2/h6,8-9,11H,1,3,5,7H2,2,4H3/b9-8-. The fourth-order valence-electron chi connectivity index (χ4n) is 0.649. The van der Waals surface area contributed by atoms with E-state index >= 15 is 0 Å². The Morgan fingerprint density at radius 2 is 2.00 bits per heavy atom. The molecule has 0 saturated carbocycles. The first-order valence-electron chi connectivity index (χ1n) is 4.45. The smallest absolute Gasteiger partial charge is 0.112 e. The monoisotopic (exact) mass is 178 g/mol. The van der Waals surface area contributed by atoms with E-state index in [4.69, 9.17) is 4.74 Å². The summed E-state index contributed by atoms with van der Waals surface area (Å²) < 4.78 is 5.44. The van der Waals surface area contributed by atoms with Crippen LogP contribution in [0.5, 0.6) is 0 Å². The lowest BCUT2D eigenvalue weighted by molar-refractivity contribution is 0.139. The van der Waals surface area contributed by atoms with Gasteiger partial charge in [0, 0.05) is 0 Å². The van der Waals surface area contributed by atoms with Gasteiger partial charge in [0.15, 0.2) is 0 Å². The average Bonchev–Trinajstić information content (AvgIpc) is 2.13. The number of allylic oxidation sites excluding steroid dienone is 4. The molecule has 72 valence electrons. The molecule has 0 aromatic carbocycles. The Morgan fingerprint density at radius 1 is 1.38 bits per heavy atom. The summed E-state index contributed by atoms with van der Waals surface area (Å²) in [6, 6.07) is 0. The molecule has 0 aromatic rings. The van der Waals surface area contributed by atoms with Crippen LogP contribution < -0.4 is 0 Å². The maximum atomic E-state index is 5.44. The van der Waals surface area contributed by atoms with Crippen LogP contribution in [0, 0.1) is 0 Å². The second-order valence-electron chi connectivity index (χ2n) is 2.92. The Morgan fingerprint density at radius 3 is 2.46 bits per heavy atom. The highest BCUT2D eigenvalue weighted by atomic mass is 16.5. The summed E-state index contributed by atoms with van der Waals surface area (Å²) in [6.07, 6.45) is 6.52. The number of hydrogen-bond acceptors (Lipinski definition) is 1. The first-order chi connectivity index (χ1) is 6.10. The lowest BCUT2D eigenvalue weighted by atomic mass is 10.2. The Bertz CT molecular complexity index is 223. The lowest BCUT2D eigenvalue weighted by Crippen LogP contribution is -2.03. The van der Waals surface area contributed by atoms with Gasteiger partial charge in [-0.3, -0.25) is 0 Å². The van der Waals surface area contributed by atoms with E-state index in [1.54, 1.807) is 12.2 Å². The third-order valence-electron chi connectivity index (χ3n) is 1.67. The Kier molecular flexibility index (Phi) is 5.69. The van der Waals surface area contributed by atoms with Crippen molar-refractivity contribution in [1.29, 1.82) is 0 Å². The summed E-state index contributed by atoms with van der Waals surface area (Å²) in [5.74, 6) is 0.664. The molecule has 0 saturated heterocycles. The number of rotatable bonds is 6. The van der Waals surface area contributed by atoms with E-state index in [1.165, 1.54) is 0 Å². The van der Waals surface area contributed by atoms with Gasteiger partial charge in [0.05, 0.1) is 6.10 Å². The van der Waals surface area contributed by atoms with Crippen LogP contribution >= 0.6 is 0 Å². The normalized spacial score (nSPS) is 12.5. The van der Waals surface area contributed by atoms with Crippen molar-refractivity contribution in [2.75, 3.05) is 0 Å². The van der Waals surface area contributed by atoms with Crippen molar-refractivity contribution in [3.05, 3.63) is 49.3 Å². The van der Waals surface area contributed by atoms with Crippen molar-refractivity contribution in [1.82, 2.24) is 0 Å². The van der Waals surface area contributed by atoms with Gasteiger partial charge in [0.2, 0.25) is 0 Å². The maximum Gasteiger partial charge on any atom is 0.112 e. The molecule has 1 nitrogen and oxygen atoms in total. The zero-order valence-corrected chi connectivity index (χ0v) is 8.55. The largest absolute Gasteiger partial charge is 0.491 e. The summed E-state index contributed by atoms with van der Waals surface area (Å²) in [4.78, 5) is 0. The van der Waals surface area contributed by atoms with Crippen molar-refractivity contribution in [3.63, 3.8) is 0 Å². The van der Waals surface area contributed by atoms with E-state index in [-0.39, 0.29) is 6.10 Å². The van der Waals surface area contributed by atoms with E-state index in [9.17, 15) is 0 Å². The summed E-state index contributed by atoms with van der Waals surface area (Å²) in [5.41, 5.74) is 0.855. The topological polar surface area (TPSA) is 9.23 Å². The van der Waals surface area contributed by atoms with Crippen LogP contribution in [0.15, 0.2) is 49.3 Å². The van der Waals surface area contributed by atoms with Gasteiger partial charge >= 0.3 is 0 Å². The van der Waals surface area contributed by atoms with Gasteiger partial charge in [-0.15, -0.1) is 0 Å². The van der Waals surface area contributed by atoms with Crippen LogP contribution in [0.3, 0.4) is 0 Å². The Balaban J connectivity index is 3.93. The van der Waals surface area contributed by atoms with Gasteiger partial charge < -0.3 is 4.74 Å². The van der Waals surface area contributed by atoms with E-state index in [1.807, 2.05) is 13.0 Å². The molecule has 0 bridgehead atoms. The zero-order chi connectivity index (χ0) is 10.3. The van der Waals surface area contributed by atoms with Crippen LogP contribution in [-0.4, -0.2) is 6.10 Å². The van der Waals surface area contributed by atoms with E-state index in [0.29, 0.717) is 5.76 Å². The number of ether oxygens (including phenoxy) is 1. The Labute approximate surface area is 81.1 Å². The van der Waals surface area contributed by atoms with Gasteiger partial charge in [-0.2, -0.15) is 0 Å². The van der Waals surface area contributed by atoms with Crippen LogP contribution in [-0.2, 0) is 4.74 Å². The van der Waals surface area contributed by atoms with Crippen molar-refractivity contribution in [2.45, 2.75) is 26.4 Å². The molecular weight excluding hydrogens is 160 g/mol. The van der Waals surface area contributed by atoms with Gasteiger partial charge in [0.1, 0.15) is 5.76 Å². The second-order valence-corrected chi connectivity index (χ2v) is 2.92. The van der Waals surface area contributed by atoms with Crippen LogP contribution in [0.25, 0.3) is 0 Å². The van der Waals surface area contributed by atoms with Gasteiger partial charge in [-0.05, 0) is 25.0 Å². The molecule has 13 heavy (non-hydrogen) atoms. The molecule has 0 spiro atoms. The predicted molar refractivity (Wildman–Crippen MR) is 58.5 cm³/mol. The summed E-state index contributed by atoms with van der Waals surface area (Å²) in [7, 11) is 0. The molecular formula is C12H18O. The molecule has 0 radical (unpaired) electrons. The minimum absolute atomic E-state index is 0.217. The van der Waals surface area contributed by atoms with Crippen LogP contribution in [0.2, 0.25) is 0 Å². The molecule has 0 aliphatic carbocycles. The van der Waals surface area contributed by atoms with Crippen molar-refractivity contribution < 1.29 is 4.74 Å². The fraction of sp³-hybridized carbons (Fsp3) is 0.333. The molecule has 0 aliphatic heterocycles. The molecule has 1 atom stereocenters. The average molecular weight is 178 g/mol. The van der Waals surface area contributed by atoms with Gasteiger partial charge in [0.25, 0.3) is 0 Å². The molecule has 0 heterocycles. The third kappa shape index (κ3) is 5.97. The summed E-state index contributed by atoms with van der Waals surface area (Å²) >= 11 is 0. The van der Waals surface area contributed by atoms with E-state index < -0.39 is 0 Å². The molecule has 1 heteroatoms. The molecule has 0 fully saturated rings. The van der Waals surface area contributed by atoms with E-state index in [2.05, 4.69) is 26.7 Å². The highest BCUT2D eigenvalue weighted by molar-refractivity contribution is 5.28. The molecule has 0 amide bonds. The fourth-order valence-corrected chi connectivity index (χ4v) is 0.649. The molecule has 0 aromatic heterocycles. The van der Waals surface area contributed by atoms with Crippen molar-refractivity contribution >= 4 is 0 Å². The van der Waals surface area contributed by atoms with Crippen molar-refractivity contribution in [3.8, 4) is 0 Å². The van der Waals surface area contributed by atoms with Crippen LogP contribution in [0.1, 0.15) is 20.3 Å². The zero-order valence-electron chi connectivity index (χ0n) is 8.55. The highest BCUT2D eigenvalue weighted by Gasteiger charge is 1.97. The van der Waals surface area contributed by atoms with Gasteiger partial charge in [-0.25, -0.2) is 0 Å². The first-order valence-corrected chi connectivity index (χ1v) is 4.45. The predicted octanol–water partition coefficient (Wildman–Crippen LogP) is 3.61. The van der Waals surface area contributed by atoms with E-state index in [0.717, 1.165) is 12.0 Å². The molecule has 1 unspecified atom stereocenters. The summed E-state index contributed by atoms with van der Waals surface area (Å²) in [5, 5.41) is 0. The van der Waals surface area contributed by atoms with Gasteiger partial charge in [-0.1, -0.05) is 38.8 Å². The number of hydrogen-bond donors (Lipinski definition) is 0. The quantitative estimate of drug-likeness (QED) is 0.446. The highest BCUT2D eigenvalue weighted by Crippen LogP contribution is 2.06. The summed E-state index contributed by atoms with van der Waals surface area (Å²) in [6.45, 7) is 15.2. The molecule has 0 rings (SSSR count).